The molecule has 0 aliphatic carbocycles. The lowest BCUT2D eigenvalue weighted by molar-refractivity contribution is 0.0601. The normalized spacial score (nSPS) is 10.3. The van der Waals surface area contributed by atoms with E-state index in [2.05, 4.69) is 5.32 Å². The summed E-state index contributed by atoms with van der Waals surface area (Å²) in [6, 6.07) is 14.9. The van der Waals surface area contributed by atoms with E-state index < -0.39 is 11.9 Å². The van der Waals surface area contributed by atoms with E-state index in [0.717, 1.165) is 0 Å². The van der Waals surface area contributed by atoms with Crippen molar-refractivity contribution in [2.75, 3.05) is 33.8 Å². The maximum Gasteiger partial charge on any atom is 0.340 e. The first-order chi connectivity index (χ1) is 16.4. The predicted molar refractivity (Wildman–Crippen MR) is 128 cm³/mol. The summed E-state index contributed by atoms with van der Waals surface area (Å²) in [7, 11) is 5.68. The van der Waals surface area contributed by atoms with Crippen LogP contribution in [0.5, 0.6) is 23.0 Å². The van der Waals surface area contributed by atoms with Crippen molar-refractivity contribution in [3.8, 4) is 23.0 Å². The predicted octanol–water partition coefficient (Wildman–Crippen LogP) is 4.98. The molecule has 3 aromatic carbocycles. The molecule has 1 N–H and O–H groups in total. The van der Waals surface area contributed by atoms with Crippen molar-refractivity contribution in [2.45, 2.75) is 6.61 Å². The Bertz CT molecular complexity index is 1200. The van der Waals surface area contributed by atoms with Crippen LogP contribution in [-0.4, -0.2) is 40.3 Å². The molecule has 178 valence electrons. The molecule has 9 heteroatoms. The lowest BCUT2D eigenvalue weighted by Crippen LogP contribution is -2.16. The van der Waals surface area contributed by atoms with Crippen molar-refractivity contribution >= 4 is 29.2 Å². The lowest BCUT2D eigenvalue weighted by atomic mass is 10.1. The number of rotatable bonds is 9. The summed E-state index contributed by atoms with van der Waals surface area (Å²) in [5.41, 5.74) is 1.31. The standard InChI is InChI=1S/C25H24ClNO7/c1-30-21-9-8-15(10-16(21)14-34-18-7-5-6-17(26)11-18)24(28)27-20-13-23(32-3)22(31-2)12-19(20)25(29)33-4/h5-13H,14H2,1-4H3,(H,27,28). The Morgan fingerprint density at radius 3 is 2.21 bits per heavy atom. The first-order valence-electron chi connectivity index (χ1n) is 10.1. The minimum atomic E-state index is -0.637. The number of hydrogen-bond donors (Lipinski definition) is 1. The van der Waals surface area contributed by atoms with Crippen LogP contribution in [0.4, 0.5) is 5.69 Å². The molecule has 0 aliphatic rings. The van der Waals surface area contributed by atoms with Crippen LogP contribution in [0.1, 0.15) is 26.3 Å². The highest BCUT2D eigenvalue weighted by atomic mass is 35.5. The quantitative estimate of drug-likeness (QED) is 0.427. The van der Waals surface area contributed by atoms with Crippen molar-refractivity contribution in [1.29, 1.82) is 0 Å². The van der Waals surface area contributed by atoms with E-state index in [1.165, 1.54) is 40.6 Å². The lowest BCUT2D eigenvalue weighted by Gasteiger charge is -2.15. The molecule has 0 heterocycles. The number of esters is 1. The third kappa shape index (κ3) is 5.71. The van der Waals surface area contributed by atoms with Crippen LogP contribution in [0.2, 0.25) is 5.02 Å². The SMILES string of the molecule is COC(=O)c1cc(OC)c(OC)cc1NC(=O)c1ccc(OC)c(COc2cccc(Cl)c2)c1. The van der Waals surface area contributed by atoms with E-state index in [1.54, 1.807) is 42.5 Å². The first-order valence-corrected chi connectivity index (χ1v) is 10.5. The van der Waals surface area contributed by atoms with Gasteiger partial charge in [0.2, 0.25) is 0 Å². The molecule has 0 aromatic heterocycles. The fraction of sp³-hybridized carbons (Fsp3) is 0.200. The molecule has 0 radical (unpaired) electrons. The summed E-state index contributed by atoms with van der Waals surface area (Å²) in [6.45, 7) is 0.147. The number of carbonyl (C=O) groups excluding carboxylic acids is 2. The van der Waals surface area contributed by atoms with Gasteiger partial charge in [0.25, 0.3) is 5.91 Å². The number of anilines is 1. The van der Waals surface area contributed by atoms with Gasteiger partial charge in [0.05, 0.1) is 39.7 Å². The van der Waals surface area contributed by atoms with Crippen LogP contribution >= 0.6 is 11.6 Å². The molecule has 3 aromatic rings. The smallest absolute Gasteiger partial charge is 0.340 e. The third-order valence-corrected chi connectivity index (χ3v) is 5.15. The van der Waals surface area contributed by atoms with Crippen LogP contribution in [0.25, 0.3) is 0 Å². The van der Waals surface area contributed by atoms with Crippen LogP contribution in [-0.2, 0) is 11.3 Å². The average molecular weight is 486 g/mol. The van der Waals surface area contributed by atoms with Gasteiger partial charge in [-0.1, -0.05) is 17.7 Å². The molecule has 0 spiro atoms. The number of methoxy groups -OCH3 is 4. The number of halogens is 1. The number of carbonyl (C=O) groups is 2. The van der Waals surface area contributed by atoms with Crippen molar-refractivity contribution < 1.29 is 33.3 Å². The number of nitrogens with one attached hydrogen (secondary N) is 1. The largest absolute Gasteiger partial charge is 0.496 e. The number of amides is 1. The second-order valence-corrected chi connectivity index (χ2v) is 7.41. The third-order valence-electron chi connectivity index (χ3n) is 4.91. The Morgan fingerprint density at radius 1 is 0.853 bits per heavy atom. The van der Waals surface area contributed by atoms with Gasteiger partial charge < -0.3 is 29.0 Å². The maximum atomic E-state index is 13.1. The van der Waals surface area contributed by atoms with Gasteiger partial charge in [-0.25, -0.2) is 4.79 Å². The van der Waals surface area contributed by atoms with E-state index in [1.807, 2.05) is 0 Å². The van der Waals surface area contributed by atoms with E-state index in [4.69, 9.17) is 35.3 Å². The summed E-state index contributed by atoms with van der Waals surface area (Å²) in [4.78, 5) is 25.4. The Morgan fingerprint density at radius 2 is 1.56 bits per heavy atom. The zero-order chi connectivity index (χ0) is 24.7. The van der Waals surface area contributed by atoms with Crippen LogP contribution in [0, 0.1) is 0 Å². The topological polar surface area (TPSA) is 92.3 Å². The maximum absolute atomic E-state index is 13.1. The molecule has 0 saturated heterocycles. The second-order valence-electron chi connectivity index (χ2n) is 6.97. The van der Waals surface area contributed by atoms with E-state index >= 15 is 0 Å². The summed E-state index contributed by atoms with van der Waals surface area (Å²) >= 11 is 6.01. The van der Waals surface area contributed by atoms with Gasteiger partial charge in [0.15, 0.2) is 11.5 Å². The summed E-state index contributed by atoms with van der Waals surface area (Å²) in [6.07, 6.45) is 0. The minimum Gasteiger partial charge on any atom is -0.496 e. The van der Waals surface area contributed by atoms with Crippen molar-refractivity contribution in [3.63, 3.8) is 0 Å². The average Bonchev–Trinajstić information content (AvgIpc) is 2.86. The monoisotopic (exact) mass is 485 g/mol. The molecule has 0 fully saturated rings. The summed E-state index contributed by atoms with van der Waals surface area (Å²) in [5, 5.41) is 3.29. The fourth-order valence-corrected chi connectivity index (χ4v) is 3.39. The molecule has 0 atom stereocenters. The van der Waals surface area contributed by atoms with E-state index in [0.29, 0.717) is 39.1 Å². The van der Waals surface area contributed by atoms with E-state index in [-0.39, 0.29) is 17.9 Å². The van der Waals surface area contributed by atoms with Crippen molar-refractivity contribution in [3.05, 3.63) is 76.3 Å². The Hall–Kier alpha value is -3.91. The van der Waals surface area contributed by atoms with Crippen LogP contribution in [0.15, 0.2) is 54.6 Å². The van der Waals surface area contributed by atoms with Gasteiger partial charge in [-0.05, 0) is 36.4 Å². The summed E-state index contributed by atoms with van der Waals surface area (Å²) in [5.74, 6) is 0.713. The van der Waals surface area contributed by atoms with Gasteiger partial charge >= 0.3 is 5.97 Å². The van der Waals surface area contributed by atoms with Crippen molar-refractivity contribution in [1.82, 2.24) is 0 Å². The number of ether oxygens (including phenoxy) is 5. The van der Waals surface area contributed by atoms with E-state index in [9.17, 15) is 9.59 Å². The Labute approximate surface area is 202 Å². The van der Waals surface area contributed by atoms with Crippen molar-refractivity contribution in [2.24, 2.45) is 0 Å². The molecule has 0 bridgehead atoms. The fourth-order valence-electron chi connectivity index (χ4n) is 3.21. The first kappa shape index (κ1) is 24.7. The van der Waals surface area contributed by atoms with Gasteiger partial charge in [0, 0.05) is 28.3 Å². The molecular weight excluding hydrogens is 462 g/mol. The highest BCUT2D eigenvalue weighted by Crippen LogP contribution is 2.34. The number of benzene rings is 3. The van der Waals surface area contributed by atoms with Gasteiger partial charge in [0.1, 0.15) is 18.1 Å². The van der Waals surface area contributed by atoms with Crippen LogP contribution in [0.3, 0.4) is 0 Å². The Kier molecular flexibility index (Phi) is 8.21. The molecular formula is C25H24ClNO7. The molecule has 0 saturated carbocycles. The molecule has 0 unspecified atom stereocenters. The highest BCUT2D eigenvalue weighted by molar-refractivity contribution is 6.30. The molecule has 0 aliphatic heterocycles. The Balaban J connectivity index is 1.88. The number of hydrogen-bond acceptors (Lipinski definition) is 7. The summed E-state index contributed by atoms with van der Waals surface area (Å²) < 4.78 is 26.6. The zero-order valence-electron chi connectivity index (χ0n) is 19.1. The molecule has 34 heavy (non-hydrogen) atoms. The van der Waals surface area contributed by atoms with Gasteiger partial charge in [-0.15, -0.1) is 0 Å². The van der Waals surface area contributed by atoms with Gasteiger partial charge in [-0.3, -0.25) is 4.79 Å². The molecule has 3 rings (SSSR count). The molecule has 1 amide bonds. The van der Waals surface area contributed by atoms with Crippen LogP contribution < -0.4 is 24.3 Å². The minimum absolute atomic E-state index is 0.117. The zero-order valence-corrected chi connectivity index (χ0v) is 19.9. The molecule has 8 nitrogen and oxygen atoms in total. The second kappa shape index (κ2) is 11.3. The highest BCUT2D eigenvalue weighted by Gasteiger charge is 2.20. The van der Waals surface area contributed by atoms with Gasteiger partial charge in [-0.2, -0.15) is 0 Å².